The van der Waals surface area contributed by atoms with E-state index in [0.29, 0.717) is 28.8 Å². The molecule has 112 valence electrons. The van der Waals surface area contributed by atoms with E-state index < -0.39 is 5.97 Å². The molecule has 0 aliphatic carbocycles. The van der Waals surface area contributed by atoms with Gasteiger partial charge in [0.25, 0.3) is 0 Å². The summed E-state index contributed by atoms with van der Waals surface area (Å²) >= 11 is 7.51. The molecule has 1 aromatic carbocycles. The second-order valence-electron chi connectivity index (χ2n) is 4.57. The number of thiophene rings is 1. The molecule has 2 heterocycles. The van der Waals surface area contributed by atoms with Crippen molar-refractivity contribution in [1.82, 2.24) is 0 Å². The summed E-state index contributed by atoms with van der Waals surface area (Å²) in [5, 5.41) is 11.6. The molecule has 0 amide bonds. The maximum atomic E-state index is 11.2. The Bertz CT molecular complexity index is 807. The number of carbonyl (C=O) groups is 1. The summed E-state index contributed by atoms with van der Waals surface area (Å²) in [6, 6.07) is 7.11. The number of rotatable bonds is 2. The number of carboxylic acids is 1. The summed E-state index contributed by atoms with van der Waals surface area (Å²) in [6.07, 6.45) is 1.20. The zero-order valence-electron chi connectivity index (χ0n) is 11.7. The van der Waals surface area contributed by atoms with Gasteiger partial charge >= 0.3 is 5.97 Å². The second-order valence-corrected chi connectivity index (χ2v) is 5.92. The van der Waals surface area contributed by atoms with Gasteiger partial charge in [0.2, 0.25) is 5.90 Å². The van der Waals surface area contributed by atoms with Crippen molar-refractivity contribution >= 4 is 46.1 Å². The number of fused-ring (bicyclic) bond motifs is 2. The van der Waals surface area contributed by atoms with Crippen molar-refractivity contribution in [2.75, 3.05) is 6.61 Å². The Kier molecular flexibility index (Phi) is 4.00. The van der Waals surface area contributed by atoms with Crippen LogP contribution >= 0.6 is 22.9 Å². The van der Waals surface area contributed by atoms with E-state index in [4.69, 9.17) is 16.3 Å². The van der Waals surface area contributed by atoms with Gasteiger partial charge in [-0.2, -0.15) is 0 Å². The van der Waals surface area contributed by atoms with Crippen molar-refractivity contribution in [2.45, 2.75) is 6.92 Å². The lowest BCUT2D eigenvalue weighted by atomic mass is 10.0. The van der Waals surface area contributed by atoms with Crippen LogP contribution in [0.4, 0.5) is 5.69 Å². The maximum Gasteiger partial charge on any atom is 0.328 e. The van der Waals surface area contributed by atoms with E-state index in [-0.39, 0.29) is 0 Å². The third kappa shape index (κ3) is 2.65. The van der Waals surface area contributed by atoms with Crippen molar-refractivity contribution in [2.24, 2.45) is 4.99 Å². The van der Waals surface area contributed by atoms with Gasteiger partial charge in [0, 0.05) is 27.1 Å². The monoisotopic (exact) mass is 333 g/mol. The predicted molar refractivity (Wildman–Crippen MR) is 88.3 cm³/mol. The quantitative estimate of drug-likeness (QED) is 0.831. The van der Waals surface area contributed by atoms with Crippen LogP contribution in [0.5, 0.6) is 0 Å². The van der Waals surface area contributed by atoms with Gasteiger partial charge in [-0.25, -0.2) is 9.79 Å². The fraction of sp³-hybridized carbons (Fsp3) is 0.125. The van der Waals surface area contributed by atoms with Crippen molar-refractivity contribution < 1.29 is 14.6 Å². The molecule has 1 aliphatic heterocycles. The Morgan fingerprint density at radius 2 is 2.23 bits per heavy atom. The minimum atomic E-state index is -1.00. The molecule has 0 saturated heterocycles. The number of aliphatic imine (C=N–C) groups is 1. The molecule has 0 fully saturated rings. The third-order valence-electron chi connectivity index (χ3n) is 3.16. The first-order valence-electron chi connectivity index (χ1n) is 6.64. The van der Waals surface area contributed by atoms with E-state index in [0.717, 1.165) is 16.0 Å². The summed E-state index contributed by atoms with van der Waals surface area (Å²) in [7, 11) is 0. The average molecular weight is 334 g/mol. The molecule has 1 N–H and O–H groups in total. The first-order valence-corrected chi connectivity index (χ1v) is 7.90. The molecule has 0 spiro atoms. The fourth-order valence-corrected chi connectivity index (χ4v) is 3.40. The highest BCUT2D eigenvalue weighted by Crippen LogP contribution is 2.40. The lowest BCUT2D eigenvalue weighted by molar-refractivity contribution is -0.131. The average Bonchev–Trinajstić information content (AvgIpc) is 2.90. The van der Waals surface area contributed by atoms with Gasteiger partial charge in [-0.1, -0.05) is 17.7 Å². The molecule has 6 heteroatoms. The standard InChI is InChI=1S/C16H12ClNO3S/c1-2-21-16-11-5-6-22-15(11)12(8-14(19)20)10-4-3-9(17)7-13(10)18-16/h3-8H,2H2,1H3,(H,19,20)/b12-8-. The number of halogens is 1. The summed E-state index contributed by atoms with van der Waals surface area (Å²) in [6.45, 7) is 2.36. The number of hydrogen-bond acceptors (Lipinski definition) is 4. The number of nitrogens with zero attached hydrogens (tertiary/aromatic N) is 1. The summed E-state index contributed by atoms with van der Waals surface area (Å²) in [5.41, 5.74) is 2.74. The molecular weight excluding hydrogens is 322 g/mol. The minimum Gasteiger partial charge on any atom is -0.478 e. The van der Waals surface area contributed by atoms with E-state index in [2.05, 4.69) is 4.99 Å². The van der Waals surface area contributed by atoms with E-state index in [1.54, 1.807) is 18.2 Å². The molecule has 0 unspecified atom stereocenters. The lowest BCUT2D eigenvalue weighted by Gasteiger charge is -2.07. The topological polar surface area (TPSA) is 58.9 Å². The lowest BCUT2D eigenvalue weighted by Crippen LogP contribution is -2.06. The van der Waals surface area contributed by atoms with Gasteiger partial charge in [-0.15, -0.1) is 11.3 Å². The molecule has 0 saturated carbocycles. The molecule has 22 heavy (non-hydrogen) atoms. The number of aliphatic carboxylic acids is 1. The Morgan fingerprint density at radius 1 is 1.41 bits per heavy atom. The van der Waals surface area contributed by atoms with Crippen LogP contribution in [0.2, 0.25) is 5.02 Å². The summed E-state index contributed by atoms with van der Waals surface area (Å²) in [5.74, 6) is -0.522. The second kappa shape index (κ2) is 5.94. The predicted octanol–water partition coefficient (Wildman–Crippen LogP) is 4.35. The van der Waals surface area contributed by atoms with E-state index in [9.17, 15) is 9.90 Å². The van der Waals surface area contributed by atoms with Crippen LogP contribution in [0, 0.1) is 0 Å². The largest absolute Gasteiger partial charge is 0.478 e. The van der Waals surface area contributed by atoms with E-state index in [1.165, 1.54) is 17.4 Å². The van der Waals surface area contributed by atoms with Crippen molar-refractivity contribution in [3.05, 3.63) is 56.7 Å². The Morgan fingerprint density at radius 3 is 2.95 bits per heavy atom. The zero-order valence-corrected chi connectivity index (χ0v) is 13.2. The molecular formula is C16H12ClNO3S. The van der Waals surface area contributed by atoms with Crippen LogP contribution < -0.4 is 0 Å². The van der Waals surface area contributed by atoms with Gasteiger partial charge in [-0.3, -0.25) is 0 Å². The van der Waals surface area contributed by atoms with Gasteiger partial charge in [0.05, 0.1) is 17.9 Å². The van der Waals surface area contributed by atoms with Crippen LogP contribution in [0.25, 0.3) is 5.57 Å². The Hall–Kier alpha value is -2.11. The SMILES string of the molecule is CCOC1=Nc2cc(Cl)ccc2/C(=C/C(=O)O)c2sccc21. The van der Waals surface area contributed by atoms with Crippen LogP contribution in [0.1, 0.15) is 22.9 Å². The molecule has 0 radical (unpaired) electrons. The Labute approximate surface area is 136 Å². The van der Waals surface area contributed by atoms with Crippen molar-refractivity contribution in [3.63, 3.8) is 0 Å². The maximum absolute atomic E-state index is 11.2. The molecule has 2 aromatic rings. The molecule has 1 aliphatic rings. The highest BCUT2D eigenvalue weighted by Gasteiger charge is 2.24. The molecule has 3 rings (SSSR count). The molecule has 0 atom stereocenters. The molecule has 0 bridgehead atoms. The summed E-state index contributed by atoms with van der Waals surface area (Å²) in [4.78, 5) is 16.6. The van der Waals surface area contributed by atoms with E-state index >= 15 is 0 Å². The first kappa shape index (κ1) is 14.8. The van der Waals surface area contributed by atoms with E-state index in [1.807, 2.05) is 18.4 Å². The third-order valence-corrected chi connectivity index (χ3v) is 4.34. The van der Waals surface area contributed by atoms with Gasteiger partial charge < -0.3 is 9.84 Å². The molecule has 4 nitrogen and oxygen atoms in total. The van der Waals surface area contributed by atoms with Crippen LogP contribution in [0.15, 0.2) is 40.7 Å². The first-order chi connectivity index (χ1) is 10.6. The van der Waals surface area contributed by atoms with Crippen LogP contribution in [0.3, 0.4) is 0 Å². The van der Waals surface area contributed by atoms with Gasteiger partial charge in [0.15, 0.2) is 0 Å². The zero-order chi connectivity index (χ0) is 15.7. The Balaban J connectivity index is 2.32. The normalized spacial score (nSPS) is 14.8. The highest BCUT2D eigenvalue weighted by atomic mass is 35.5. The molecule has 1 aromatic heterocycles. The van der Waals surface area contributed by atoms with Crippen LogP contribution in [-0.4, -0.2) is 23.6 Å². The highest BCUT2D eigenvalue weighted by molar-refractivity contribution is 7.11. The summed E-state index contributed by atoms with van der Waals surface area (Å²) < 4.78 is 5.64. The minimum absolute atomic E-state index is 0.474. The van der Waals surface area contributed by atoms with Gasteiger partial charge in [-0.05, 0) is 30.5 Å². The smallest absolute Gasteiger partial charge is 0.328 e. The number of ether oxygens (including phenoxy) is 1. The van der Waals surface area contributed by atoms with Crippen molar-refractivity contribution in [1.29, 1.82) is 0 Å². The van der Waals surface area contributed by atoms with Crippen LogP contribution in [-0.2, 0) is 9.53 Å². The van der Waals surface area contributed by atoms with Crippen molar-refractivity contribution in [3.8, 4) is 0 Å². The number of hydrogen-bond donors (Lipinski definition) is 1. The van der Waals surface area contributed by atoms with Gasteiger partial charge in [0.1, 0.15) is 0 Å². The number of benzene rings is 1. The number of carboxylic acid groups (broad SMARTS) is 1. The fourth-order valence-electron chi connectivity index (χ4n) is 2.32.